The van der Waals surface area contributed by atoms with E-state index >= 15 is 0 Å². The quantitative estimate of drug-likeness (QED) is 0.290. The van der Waals surface area contributed by atoms with Crippen LogP contribution in [0.3, 0.4) is 0 Å². The van der Waals surface area contributed by atoms with E-state index in [9.17, 15) is 9.59 Å². The van der Waals surface area contributed by atoms with Crippen LogP contribution in [0.25, 0.3) is 21.3 Å². The third-order valence-corrected chi connectivity index (χ3v) is 6.84. The van der Waals surface area contributed by atoms with E-state index in [-0.39, 0.29) is 23.6 Å². The number of aromatic amines is 1. The number of fused-ring (bicyclic) bond motifs is 1. The fourth-order valence-corrected chi connectivity index (χ4v) is 5.44. The Hall–Kier alpha value is -3.41. The second kappa shape index (κ2) is 10.0. The summed E-state index contributed by atoms with van der Waals surface area (Å²) in [4.78, 5) is 35.6. The van der Waals surface area contributed by atoms with Gasteiger partial charge < -0.3 is 9.88 Å². The zero-order valence-corrected chi connectivity index (χ0v) is 19.9. The van der Waals surface area contributed by atoms with Crippen molar-refractivity contribution in [3.8, 4) is 17.2 Å². The van der Waals surface area contributed by atoms with Crippen molar-refractivity contribution in [2.24, 2.45) is 0 Å². The second-order valence-corrected chi connectivity index (χ2v) is 9.48. The molecule has 1 N–H and O–H groups in total. The van der Waals surface area contributed by atoms with Gasteiger partial charge in [-0.1, -0.05) is 48.2 Å². The van der Waals surface area contributed by atoms with Gasteiger partial charge in [-0.3, -0.25) is 9.59 Å². The number of thiophene rings is 1. The summed E-state index contributed by atoms with van der Waals surface area (Å²) in [5, 5.41) is 11.9. The first-order chi connectivity index (χ1) is 16.0. The van der Waals surface area contributed by atoms with Crippen molar-refractivity contribution >= 4 is 44.9 Å². The summed E-state index contributed by atoms with van der Waals surface area (Å²) in [6.45, 7) is 4.27. The molecule has 166 valence electrons. The lowest BCUT2D eigenvalue weighted by molar-refractivity contribution is -0.116. The number of H-pyrrole nitrogens is 1. The van der Waals surface area contributed by atoms with Crippen molar-refractivity contribution in [1.29, 1.82) is 5.26 Å². The van der Waals surface area contributed by atoms with E-state index in [2.05, 4.69) is 16.0 Å². The Bertz CT molecular complexity index is 1380. The number of aromatic nitrogens is 2. The molecule has 1 amide bonds. The standard InChI is InChI=1S/C25H22N4O2S2/c1-16-11-17(2)13-19(12-16)29(10-6-9-26)21(30)15-33-25-27-23(31)22-20(14-32-24(22)28-25)18-7-4-3-5-8-18/h3-5,7-8,11-14H,6,10,15H2,1-2H3,(H,27,28,31). The van der Waals surface area contributed by atoms with E-state index in [4.69, 9.17) is 5.26 Å². The van der Waals surface area contributed by atoms with Crippen molar-refractivity contribution in [1.82, 2.24) is 9.97 Å². The van der Waals surface area contributed by atoms with Crippen LogP contribution in [-0.4, -0.2) is 28.2 Å². The molecule has 0 saturated heterocycles. The lowest BCUT2D eigenvalue weighted by Gasteiger charge is -2.22. The number of anilines is 1. The highest BCUT2D eigenvalue weighted by Crippen LogP contribution is 2.31. The van der Waals surface area contributed by atoms with Gasteiger partial charge in [-0.25, -0.2) is 4.98 Å². The lowest BCUT2D eigenvalue weighted by Crippen LogP contribution is -2.33. The van der Waals surface area contributed by atoms with E-state index in [0.29, 0.717) is 21.9 Å². The average Bonchev–Trinajstić information content (AvgIpc) is 3.22. The molecule has 0 radical (unpaired) electrons. The molecule has 0 spiro atoms. The molecule has 4 aromatic rings. The molecule has 0 aliphatic carbocycles. The molecule has 33 heavy (non-hydrogen) atoms. The Kier molecular flexibility index (Phi) is 6.92. The molecular weight excluding hydrogens is 452 g/mol. The molecule has 2 heterocycles. The zero-order valence-electron chi connectivity index (χ0n) is 18.3. The van der Waals surface area contributed by atoms with Gasteiger partial charge in [0.1, 0.15) is 4.83 Å². The predicted octanol–water partition coefficient (Wildman–Crippen LogP) is 5.31. The number of nitrogens with one attached hydrogen (secondary N) is 1. The molecule has 6 nitrogen and oxygen atoms in total. The van der Waals surface area contributed by atoms with Crippen molar-refractivity contribution < 1.29 is 4.79 Å². The van der Waals surface area contributed by atoms with Gasteiger partial charge in [0.2, 0.25) is 5.91 Å². The summed E-state index contributed by atoms with van der Waals surface area (Å²) in [5.74, 6) is -0.0387. The fraction of sp³-hybridized carbons (Fsp3) is 0.200. The van der Waals surface area contributed by atoms with E-state index in [1.54, 1.807) is 4.90 Å². The number of hydrogen-bond acceptors (Lipinski definition) is 6. The molecular formula is C25H22N4O2S2. The summed E-state index contributed by atoms with van der Waals surface area (Å²) in [5.41, 5.74) is 4.48. The molecule has 0 unspecified atom stereocenters. The van der Waals surface area contributed by atoms with Crippen LogP contribution < -0.4 is 10.5 Å². The van der Waals surface area contributed by atoms with Crippen LogP contribution >= 0.6 is 23.1 Å². The molecule has 0 aliphatic rings. The highest BCUT2D eigenvalue weighted by atomic mass is 32.2. The van der Waals surface area contributed by atoms with Crippen LogP contribution in [0.15, 0.2) is 63.9 Å². The molecule has 0 bridgehead atoms. The lowest BCUT2D eigenvalue weighted by atomic mass is 10.1. The van der Waals surface area contributed by atoms with Crippen LogP contribution in [0.2, 0.25) is 0 Å². The first-order valence-electron chi connectivity index (χ1n) is 10.4. The molecule has 2 aromatic carbocycles. The largest absolute Gasteiger partial charge is 0.311 e. The van der Waals surface area contributed by atoms with Gasteiger partial charge in [0, 0.05) is 23.2 Å². The topological polar surface area (TPSA) is 89.8 Å². The molecule has 0 aliphatic heterocycles. The summed E-state index contributed by atoms with van der Waals surface area (Å²) in [7, 11) is 0. The summed E-state index contributed by atoms with van der Waals surface area (Å²) < 4.78 is 0. The number of rotatable bonds is 7. The van der Waals surface area contributed by atoms with Gasteiger partial charge >= 0.3 is 0 Å². The maximum absolute atomic E-state index is 13.1. The first kappa shape index (κ1) is 22.8. The van der Waals surface area contributed by atoms with E-state index < -0.39 is 0 Å². The number of nitrogens with zero attached hydrogens (tertiary/aromatic N) is 3. The monoisotopic (exact) mass is 474 g/mol. The Labute approximate surface area is 199 Å². The maximum Gasteiger partial charge on any atom is 0.260 e. The Morgan fingerprint density at radius 2 is 1.91 bits per heavy atom. The van der Waals surface area contributed by atoms with Gasteiger partial charge in [-0.2, -0.15) is 5.26 Å². The second-order valence-electron chi connectivity index (χ2n) is 7.65. The summed E-state index contributed by atoms with van der Waals surface area (Å²) in [6, 6.07) is 17.8. The smallest absolute Gasteiger partial charge is 0.260 e. The van der Waals surface area contributed by atoms with Crippen LogP contribution in [0.1, 0.15) is 17.5 Å². The SMILES string of the molecule is Cc1cc(C)cc(N(CCC#N)C(=O)CSc2nc3scc(-c4ccccc4)c3c(=O)[nH]2)c1. The summed E-state index contributed by atoms with van der Waals surface area (Å²) in [6.07, 6.45) is 0.238. The molecule has 2 aromatic heterocycles. The molecule has 0 fully saturated rings. The number of carbonyl (C=O) groups excluding carboxylic acids is 1. The Morgan fingerprint density at radius 3 is 2.61 bits per heavy atom. The minimum Gasteiger partial charge on any atom is -0.311 e. The fourth-order valence-electron chi connectivity index (χ4n) is 3.70. The molecule has 0 atom stereocenters. The van der Waals surface area contributed by atoms with Crippen LogP contribution in [-0.2, 0) is 4.79 Å². The zero-order chi connectivity index (χ0) is 23.4. The van der Waals surface area contributed by atoms with Crippen LogP contribution in [0.5, 0.6) is 0 Å². The van der Waals surface area contributed by atoms with Gasteiger partial charge in [0.05, 0.1) is 23.6 Å². The number of nitriles is 1. The maximum atomic E-state index is 13.1. The van der Waals surface area contributed by atoms with E-state index in [1.165, 1.54) is 23.1 Å². The van der Waals surface area contributed by atoms with Crippen molar-refractivity contribution in [2.45, 2.75) is 25.4 Å². The third-order valence-electron chi connectivity index (χ3n) is 5.11. The number of carbonyl (C=O) groups is 1. The number of benzene rings is 2. The Balaban J connectivity index is 1.56. The van der Waals surface area contributed by atoms with Gasteiger partial charge in [-0.05, 0) is 42.7 Å². The van der Waals surface area contributed by atoms with E-state index in [0.717, 1.165) is 27.9 Å². The van der Waals surface area contributed by atoms with Crippen molar-refractivity contribution in [3.63, 3.8) is 0 Å². The van der Waals surface area contributed by atoms with Crippen molar-refractivity contribution in [3.05, 3.63) is 75.4 Å². The van der Waals surface area contributed by atoms with Crippen LogP contribution in [0, 0.1) is 25.2 Å². The van der Waals surface area contributed by atoms with Gasteiger partial charge in [-0.15, -0.1) is 11.3 Å². The van der Waals surface area contributed by atoms with E-state index in [1.807, 2.05) is 67.8 Å². The predicted molar refractivity (Wildman–Crippen MR) is 135 cm³/mol. The number of aryl methyl sites for hydroxylation is 2. The number of thioether (sulfide) groups is 1. The minimum atomic E-state index is -0.217. The van der Waals surface area contributed by atoms with Crippen molar-refractivity contribution in [2.75, 3.05) is 17.2 Å². The highest BCUT2D eigenvalue weighted by molar-refractivity contribution is 7.99. The minimum absolute atomic E-state index is 0.101. The number of amides is 1. The van der Waals surface area contributed by atoms with Gasteiger partial charge in [0.25, 0.3) is 5.56 Å². The number of hydrogen-bond donors (Lipinski definition) is 1. The third kappa shape index (κ3) is 5.16. The molecule has 0 saturated carbocycles. The summed E-state index contributed by atoms with van der Waals surface area (Å²) >= 11 is 2.61. The van der Waals surface area contributed by atoms with Gasteiger partial charge in [0.15, 0.2) is 5.16 Å². The van der Waals surface area contributed by atoms with Crippen LogP contribution in [0.4, 0.5) is 5.69 Å². The normalized spacial score (nSPS) is 10.8. The molecule has 8 heteroatoms. The first-order valence-corrected chi connectivity index (χ1v) is 12.3. The average molecular weight is 475 g/mol. The molecule has 4 rings (SSSR count). The Morgan fingerprint density at radius 1 is 1.18 bits per heavy atom. The highest BCUT2D eigenvalue weighted by Gasteiger charge is 2.18.